The third kappa shape index (κ3) is 3.84. The predicted molar refractivity (Wildman–Crippen MR) is 77.1 cm³/mol. The average molecular weight is 306 g/mol. The van der Waals surface area contributed by atoms with E-state index in [1.54, 1.807) is 13.0 Å². The maximum Gasteiger partial charge on any atom is 0.263 e. The van der Waals surface area contributed by atoms with Crippen molar-refractivity contribution in [3.63, 3.8) is 0 Å². The van der Waals surface area contributed by atoms with Crippen molar-refractivity contribution in [3.05, 3.63) is 41.7 Å². The molecule has 0 bridgehead atoms. The van der Waals surface area contributed by atoms with E-state index in [1.807, 2.05) is 0 Å². The maximum atomic E-state index is 12.2. The number of aliphatic hydroxyl groups excluding tert-OH is 1. The van der Waals surface area contributed by atoms with Crippen LogP contribution in [0.25, 0.3) is 0 Å². The highest BCUT2D eigenvalue weighted by Gasteiger charge is 2.16. The van der Waals surface area contributed by atoms with Gasteiger partial charge in [-0.25, -0.2) is 8.42 Å². The zero-order valence-corrected chi connectivity index (χ0v) is 12.1. The molecule has 0 radical (unpaired) electrons. The summed E-state index contributed by atoms with van der Waals surface area (Å²) >= 11 is 0. The average Bonchev–Trinajstić information content (AvgIpc) is 2.93. The van der Waals surface area contributed by atoms with Crippen LogP contribution in [0.5, 0.6) is 0 Å². The van der Waals surface area contributed by atoms with Crippen LogP contribution in [0.4, 0.5) is 5.82 Å². The number of rotatable bonds is 4. The smallest absolute Gasteiger partial charge is 0.263 e. The van der Waals surface area contributed by atoms with E-state index >= 15 is 0 Å². The van der Waals surface area contributed by atoms with E-state index in [2.05, 4.69) is 26.2 Å². The normalized spacial score (nSPS) is 10.8. The molecule has 7 heteroatoms. The molecule has 0 atom stereocenters. The molecule has 0 aliphatic heterocycles. The molecule has 1 aromatic heterocycles. The van der Waals surface area contributed by atoms with E-state index in [1.165, 1.54) is 24.5 Å². The lowest BCUT2D eigenvalue weighted by atomic mass is 10.1. The molecule has 2 N–H and O–H groups in total. The first-order valence-corrected chi connectivity index (χ1v) is 7.65. The van der Waals surface area contributed by atoms with Crippen molar-refractivity contribution >= 4 is 15.8 Å². The minimum atomic E-state index is -3.71. The SMILES string of the molecule is Cc1cc(S(=O)(=O)Nc2ccon2)ccc1C#CCCO. The second kappa shape index (κ2) is 6.43. The Morgan fingerprint density at radius 2 is 2.19 bits per heavy atom. The van der Waals surface area contributed by atoms with Crippen molar-refractivity contribution in [2.24, 2.45) is 0 Å². The van der Waals surface area contributed by atoms with Gasteiger partial charge >= 0.3 is 0 Å². The van der Waals surface area contributed by atoms with Gasteiger partial charge < -0.3 is 9.63 Å². The Balaban J connectivity index is 2.25. The summed E-state index contributed by atoms with van der Waals surface area (Å²) in [6, 6.07) is 6.06. The van der Waals surface area contributed by atoms with E-state index in [4.69, 9.17) is 5.11 Å². The Labute approximate surface area is 122 Å². The van der Waals surface area contributed by atoms with Gasteiger partial charge in [-0.05, 0) is 30.7 Å². The van der Waals surface area contributed by atoms with Crippen LogP contribution < -0.4 is 4.72 Å². The molecule has 1 heterocycles. The molecular formula is C14H14N2O4S. The fourth-order valence-corrected chi connectivity index (χ4v) is 2.70. The quantitative estimate of drug-likeness (QED) is 0.835. The standard InChI is InChI=1S/C14H14N2O4S/c1-11-10-13(6-5-12(11)4-2-3-8-17)21(18,19)16-14-7-9-20-15-14/h5-7,9-10,17H,3,8H2,1H3,(H,15,16). The van der Waals surface area contributed by atoms with Crippen LogP contribution in [0.15, 0.2) is 39.9 Å². The third-order valence-electron chi connectivity index (χ3n) is 2.64. The Morgan fingerprint density at radius 1 is 1.38 bits per heavy atom. The first-order chi connectivity index (χ1) is 10.0. The molecule has 0 spiro atoms. The topological polar surface area (TPSA) is 92.4 Å². The molecule has 2 aromatic rings. The summed E-state index contributed by atoms with van der Waals surface area (Å²) in [5, 5.41) is 12.2. The van der Waals surface area contributed by atoms with Crippen molar-refractivity contribution in [2.75, 3.05) is 11.3 Å². The Bertz CT molecular complexity index is 771. The summed E-state index contributed by atoms with van der Waals surface area (Å²) in [5.41, 5.74) is 1.47. The highest BCUT2D eigenvalue weighted by molar-refractivity contribution is 7.92. The summed E-state index contributed by atoms with van der Waals surface area (Å²) in [7, 11) is -3.71. The zero-order chi connectivity index (χ0) is 15.3. The number of nitrogens with zero attached hydrogens (tertiary/aromatic N) is 1. The monoisotopic (exact) mass is 306 g/mol. The molecular weight excluding hydrogens is 292 g/mol. The summed E-state index contributed by atoms with van der Waals surface area (Å²) in [6.07, 6.45) is 1.66. The Hall–Kier alpha value is -2.30. The molecule has 0 saturated heterocycles. The van der Waals surface area contributed by atoms with Crippen molar-refractivity contribution in [1.82, 2.24) is 5.16 Å². The van der Waals surface area contributed by atoms with Gasteiger partial charge in [-0.3, -0.25) is 4.72 Å². The summed E-state index contributed by atoms with van der Waals surface area (Å²) < 4.78 is 31.2. The van der Waals surface area contributed by atoms with E-state index in [-0.39, 0.29) is 17.3 Å². The first-order valence-electron chi connectivity index (χ1n) is 6.16. The minimum absolute atomic E-state index is 0.000130. The van der Waals surface area contributed by atoms with Gasteiger partial charge in [0, 0.05) is 18.1 Å². The van der Waals surface area contributed by atoms with Crippen LogP contribution in [0, 0.1) is 18.8 Å². The van der Waals surface area contributed by atoms with Gasteiger partial charge in [-0.1, -0.05) is 17.0 Å². The lowest BCUT2D eigenvalue weighted by Crippen LogP contribution is -2.13. The van der Waals surface area contributed by atoms with Crippen molar-refractivity contribution in [2.45, 2.75) is 18.2 Å². The van der Waals surface area contributed by atoms with E-state index in [0.717, 1.165) is 11.1 Å². The second-order valence-electron chi connectivity index (χ2n) is 4.24. The van der Waals surface area contributed by atoms with Crippen LogP contribution >= 0.6 is 0 Å². The number of benzene rings is 1. The minimum Gasteiger partial charge on any atom is -0.395 e. The van der Waals surface area contributed by atoms with Crippen LogP contribution in [0.2, 0.25) is 0 Å². The molecule has 0 aliphatic rings. The molecule has 2 rings (SSSR count). The largest absolute Gasteiger partial charge is 0.395 e. The number of nitrogens with one attached hydrogen (secondary N) is 1. The van der Waals surface area contributed by atoms with Crippen LogP contribution in [-0.2, 0) is 10.0 Å². The predicted octanol–water partition coefficient (Wildman–Crippen LogP) is 1.52. The van der Waals surface area contributed by atoms with Crippen molar-refractivity contribution in [3.8, 4) is 11.8 Å². The van der Waals surface area contributed by atoms with Crippen LogP contribution in [0.3, 0.4) is 0 Å². The lowest BCUT2D eigenvalue weighted by molar-refractivity contribution is 0.305. The van der Waals surface area contributed by atoms with Crippen molar-refractivity contribution < 1.29 is 18.0 Å². The highest BCUT2D eigenvalue weighted by atomic mass is 32.2. The lowest BCUT2D eigenvalue weighted by Gasteiger charge is -2.06. The number of anilines is 1. The maximum absolute atomic E-state index is 12.2. The van der Waals surface area contributed by atoms with Gasteiger partial charge in [-0.15, -0.1) is 0 Å². The Morgan fingerprint density at radius 3 is 2.81 bits per heavy atom. The van der Waals surface area contributed by atoms with Gasteiger partial charge in [-0.2, -0.15) is 0 Å². The van der Waals surface area contributed by atoms with Gasteiger partial charge in [0.1, 0.15) is 6.26 Å². The molecule has 0 saturated carbocycles. The first kappa shape index (κ1) is 15.1. The van der Waals surface area contributed by atoms with E-state index < -0.39 is 10.0 Å². The van der Waals surface area contributed by atoms with Crippen molar-refractivity contribution in [1.29, 1.82) is 0 Å². The highest BCUT2D eigenvalue weighted by Crippen LogP contribution is 2.17. The van der Waals surface area contributed by atoms with Gasteiger partial charge in [0.05, 0.1) is 11.5 Å². The molecule has 0 unspecified atom stereocenters. The zero-order valence-electron chi connectivity index (χ0n) is 11.3. The molecule has 0 aliphatic carbocycles. The molecule has 1 aromatic carbocycles. The summed E-state index contributed by atoms with van der Waals surface area (Å²) in [5.74, 6) is 5.81. The summed E-state index contributed by atoms with van der Waals surface area (Å²) in [4.78, 5) is 0.121. The Kier molecular flexibility index (Phi) is 4.62. The van der Waals surface area contributed by atoms with Gasteiger partial charge in [0.2, 0.25) is 0 Å². The van der Waals surface area contributed by atoms with Crippen LogP contribution in [-0.4, -0.2) is 25.3 Å². The number of aliphatic hydroxyl groups is 1. The van der Waals surface area contributed by atoms with E-state index in [0.29, 0.717) is 6.42 Å². The van der Waals surface area contributed by atoms with Gasteiger partial charge in [0.15, 0.2) is 5.82 Å². The summed E-state index contributed by atoms with van der Waals surface area (Å²) in [6.45, 7) is 1.78. The fourth-order valence-electron chi connectivity index (χ4n) is 1.62. The molecule has 110 valence electrons. The number of hydrogen-bond donors (Lipinski definition) is 2. The number of aryl methyl sites for hydroxylation is 1. The molecule has 6 nitrogen and oxygen atoms in total. The van der Waals surface area contributed by atoms with E-state index in [9.17, 15) is 8.42 Å². The number of aromatic nitrogens is 1. The number of hydrogen-bond acceptors (Lipinski definition) is 5. The second-order valence-corrected chi connectivity index (χ2v) is 5.92. The van der Waals surface area contributed by atoms with Gasteiger partial charge in [0.25, 0.3) is 10.0 Å². The number of sulfonamides is 1. The molecule has 0 fully saturated rings. The molecule has 21 heavy (non-hydrogen) atoms. The fraction of sp³-hybridized carbons (Fsp3) is 0.214. The third-order valence-corrected chi connectivity index (χ3v) is 4.00. The van der Waals surface area contributed by atoms with Crippen LogP contribution in [0.1, 0.15) is 17.5 Å². The molecule has 0 amide bonds.